The minimum Gasteiger partial charge on any atom is -0.312 e. The highest BCUT2D eigenvalue weighted by atomic mass is 32.1. The Morgan fingerprint density at radius 3 is 3.00 bits per heavy atom. The molecule has 2 rings (SSSR count). The van der Waals surface area contributed by atoms with E-state index in [-0.39, 0.29) is 0 Å². The summed E-state index contributed by atoms with van der Waals surface area (Å²) in [6.07, 6.45) is 5.76. The maximum Gasteiger partial charge on any atom is 0.0975 e. The molecule has 96 valence electrons. The van der Waals surface area contributed by atoms with E-state index in [2.05, 4.69) is 35.2 Å². The van der Waals surface area contributed by atoms with Crippen LogP contribution >= 0.6 is 11.3 Å². The van der Waals surface area contributed by atoms with E-state index in [1.807, 2.05) is 12.3 Å². The van der Waals surface area contributed by atoms with Gasteiger partial charge in [0.25, 0.3) is 0 Å². The van der Waals surface area contributed by atoms with E-state index in [0.717, 1.165) is 25.2 Å². The first kappa shape index (κ1) is 13.2. The third-order valence-electron chi connectivity index (χ3n) is 2.73. The van der Waals surface area contributed by atoms with Crippen molar-refractivity contribution >= 4 is 11.3 Å². The lowest BCUT2D eigenvalue weighted by Crippen LogP contribution is -2.13. The lowest BCUT2D eigenvalue weighted by Gasteiger charge is -1.99. The van der Waals surface area contributed by atoms with Gasteiger partial charge in [0, 0.05) is 30.2 Å². The van der Waals surface area contributed by atoms with Crippen LogP contribution in [0, 0.1) is 6.92 Å². The zero-order chi connectivity index (χ0) is 12.8. The smallest absolute Gasteiger partial charge is 0.0975 e. The van der Waals surface area contributed by atoms with Crippen molar-refractivity contribution in [3.8, 4) is 0 Å². The molecule has 18 heavy (non-hydrogen) atoms. The standard InChI is InChI=1S/C14H19N3S/c1-3-6-15-10-13-11(2)17-14(18-13)8-12-5-4-7-16-9-12/h4-5,7,9,15H,3,6,8,10H2,1-2H3. The van der Waals surface area contributed by atoms with Crippen LogP contribution in [-0.2, 0) is 13.0 Å². The molecule has 0 saturated carbocycles. The van der Waals surface area contributed by atoms with E-state index in [0.29, 0.717) is 0 Å². The summed E-state index contributed by atoms with van der Waals surface area (Å²) in [7, 11) is 0. The Balaban J connectivity index is 2.00. The van der Waals surface area contributed by atoms with Crippen molar-refractivity contribution in [1.29, 1.82) is 0 Å². The predicted octanol–water partition coefficient (Wildman–Crippen LogP) is 2.94. The quantitative estimate of drug-likeness (QED) is 0.812. The molecule has 2 heterocycles. The molecule has 0 saturated heterocycles. The van der Waals surface area contributed by atoms with Crippen molar-refractivity contribution in [2.45, 2.75) is 33.2 Å². The van der Waals surface area contributed by atoms with Gasteiger partial charge in [-0.15, -0.1) is 11.3 Å². The van der Waals surface area contributed by atoms with Crippen LogP contribution in [0.3, 0.4) is 0 Å². The Morgan fingerprint density at radius 2 is 2.28 bits per heavy atom. The number of pyridine rings is 1. The van der Waals surface area contributed by atoms with Crippen LogP contribution < -0.4 is 5.32 Å². The van der Waals surface area contributed by atoms with Crippen molar-refractivity contribution in [3.63, 3.8) is 0 Å². The molecule has 0 bridgehead atoms. The number of nitrogens with one attached hydrogen (secondary N) is 1. The van der Waals surface area contributed by atoms with E-state index in [1.54, 1.807) is 17.5 Å². The third-order valence-corrected chi connectivity index (χ3v) is 3.88. The average molecular weight is 261 g/mol. The minimum atomic E-state index is 0.882. The molecule has 2 aromatic rings. The maximum atomic E-state index is 4.64. The molecule has 0 aliphatic rings. The van der Waals surface area contributed by atoms with Crippen LogP contribution in [0.4, 0.5) is 0 Å². The van der Waals surface area contributed by atoms with Gasteiger partial charge in [0.15, 0.2) is 0 Å². The van der Waals surface area contributed by atoms with Crippen molar-refractivity contribution in [2.75, 3.05) is 6.54 Å². The van der Waals surface area contributed by atoms with E-state index in [1.165, 1.54) is 21.9 Å². The van der Waals surface area contributed by atoms with Crippen LogP contribution in [-0.4, -0.2) is 16.5 Å². The molecule has 0 fully saturated rings. The number of aromatic nitrogens is 2. The number of rotatable bonds is 6. The van der Waals surface area contributed by atoms with Crippen LogP contribution in [0.2, 0.25) is 0 Å². The molecule has 3 nitrogen and oxygen atoms in total. The first-order valence-corrected chi connectivity index (χ1v) is 7.16. The molecular formula is C14H19N3S. The Kier molecular flexibility index (Phi) is 4.84. The van der Waals surface area contributed by atoms with Gasteiger partial charge in [0.1, 0.15) is 0 Å². The zero-order valence-corrected chi connectivity index (χ0v) is 11.8. The first-order valence-electron chi connectivity index (χ1n) is 6.34. The molecule has 0 aliphatic carbocycles. The van der Waals surface area contributed by atoms with Gasteiger partial charge in [0.05, 0.1) is 10.7 Å². The second-order valence-corrected chi connectivity index (χ2v) is 5.50. The first-order chi connectivity index (χ1) is 8.79. The second-order valence-electron chi connectivity index (χ2n) is 4.33. The van der Waals surface area contributed by atoms with E-state index >= 15 is 0 Å². The number of hydrogen-bond donors (Lipinski definition) is 1. The molecule has 0 radical (unpaired) electrons. The van der Waals surface area contributed by atoms with Crippen LogP contribution in [0.5, 0.6) is 0 Å². The highest BCUT2D eigenvalue weighted by Crippen LogP contribution is 2.20. The molecule has 0 aliphatic heterocycles. The van der Waals surface area contributed by atoms with E-state index < -0.39 is 0 Å². The summed E-state index contributed by atoms with van der Waals surface area (Å²) in [6.45, 7) is 6.27. The van der Waals surface area contributed by atoms with Gasteiger partial charge in [-0.3, -0.25) is 4.98 Å². The van der Waals surface area contributed by atoms with E-state index in [9.17, 15) is 0 Å². The summed E-state index contributed by atoms with van der Waals surface area (Å²) >= 11 is 1.80. The van der Waals surface area contributed by atoms with Gasteiger partial charge < -0.3 is 5.32 Å². The average Bonchev–Trinajstić information content (AvgIpc) is 2.71. The minimum absolute atomic E-state index is 0.882. The molecule has 2 aromatic heterocycles. The van der Waals surface area contributed by atoms with Crippen molar-refractivity contribution in [2.24, 2.45) is 0 Å². The normalized spacial score (nSPS) is 10.8. The SMILES string of the molecule is CCCNCc1sc(Cc2cccnc2)nc1C. The number of thiazole rings is 1. The molecule has 0 aromatic carbocycles. The van der Waals surface area contributed by atoms with Crippen LogP contribution in [0.15, 0.2) is 24.5 Å². The van der Waals surface area contributed by atoms with E-state index in [4.69, 9.17) is 0 Å². The van der Waals surface area contributed by atoms with Gasteiger partial charge in [-0.1, -0.05) is 13.0 Å². The Bertz CT molecular complexity index is 479. The highest BCUT2D eigenvalue weighted by Gasteiger charge is 2.07. The van der Waals surface area contributed by atoms with Gasteiger partial charge in [-0.05, 0) is 31.5 Å². The lowest BCUT2D eigenvalue weighted by molar-refractivity contribution is 0.678. The second kappa shape index (κ2) is 6.61. The summed E-state index contributed by atoms with van der Waals surface area (Å²) < 4.78 is 0. The summed E-state index contributed by atoms with van der Waals surface area (Å²) in [4.78, 5) is 10.1. The van der Waals surface area contributed by atoms with Gasteiger partial charge in [-0.25, -0.2) is 4.98 Å². The molecule has 0 unspecified atom stereocenters. The zero-order valence-electron chi connectivity index (χ0n) is 10.9. The Morgan fingerprint density at radius 1 is 1.39 bits per heavy atom. The maximum absolute atomic E-state index is 4.64. The van der Waals surface area contributed by atoms with Gasteiger partial charge in [-0.2, -0.15) is 0 Å². The molecular weight excluding hydrogens is 242 g/mol. The third kappa shape index (κ3) is 3.62. The van der Waals surface area contributed by atoms with Crippen molar-refractivity contribution < 1.29 is 0 Å². The van der Waals surface area contributed by atoms with Crippen LogP contribution in [0.1, 0.15) is 34.5 Å². The number of hydrogen-bond acceptors (Lipinski definition) is 4. The molecule has 4 heteroatoms. The fourth-order valence-electron chi connectivity index (χ4n) is 1.78. The molecule has 0 atom stereocenters. The molecule has 0 spiro atoms. The topological polar surface area (TPSA) is 37.8 Å². The Labute approximate surface area is 112 Å². The summed E-state index contributed by atoms with van der Waals surface area (Å²) in [5.41, 5.74) is 2.38. The summed E-state index contributed by atoms with van der Waals surface area (Å²) in [5, 5.41) is 4.60. The lowest BCUT2D eigenvalue weighted by atomic mass is 10.2. The fourth-order valence-corrected chi connectivity index (χ4v) is 2.86. The van der Waals surface area contributed by atoms with Gasteiger partial charge >= 0.3 is 0 Å². The van der Waals surface area contributed by atoms with Crippen molar-refractivity contribution in [3.05, 3.63) is 45.7 Å². The summed E-state index contributed by atoms with van der Waals surface area (Å²) in [5.74, 6) is 0. The number of nitrogens with zero attached hydrogens (tertiary/aromatic N) is 2. The largest absolute Gasteiger partial charge is 0.312 e. The number of aryl methyl sites for hydroxylation is 1. The fraction of sp³-hybridized carbons (Fsp3) is 0.429. The van der Waals surface area contributed by atoms with Gasteiger partial charge in [0.2, 0.25) is 0 Å². The Hall–Kier alpha value is -1.26. The molecule has 1 N–H and O–H groups in total. The summed E-state index contributed by atoms with van der Waals surface area (Å²) in [6, 6.07) is 4.07. The molecule has 0 amide bonds. The van der Waals surface area contributed by atoms with Crippen LogP contribution in [0.25, 0.3) is 0 Å². The van der Waals surface area contributed by atoms with Crippen molar-refractivity contribution in [1.82, 2.24) is 15.3 Å². The predicted molar refractivity (Wildman–Crippen MR) is 75.9 cm³/mol. The highest BCUT2D eigenvalue weighted by molar-refractivity contribution is 7.11. The monoisotopic (exact) mass is 261 g/mol.